The lowest BCUT2D eigenvalue weighted by Crippen LogP contribution is -2.27. The largest absolute Gasteiger partial charge is 0.465 e. The van der Waals surface area contributed by atoms with Gasteiger partial charge in [-0.25, -0.2) is 4.79 Å². The minimum absolute atomic E-state index is 0.0830. The van der Waals surface area contributed by atoms with Crippen molar-refractivity contribution in [1.29, 1.82) is 0 Å². The van der Waals surface area contributed by atoms with Gasteiger partial charge >= 0.3 is 5.97 Å². The highest BCUT2D eigenvalue weighted by Crippen LogP contribution is 2.43. The quantitative estimate of drug-likeness (QED) is 0.487. The van der Waals surface area contributed by atoms with Gasteiger partial charge in [-0.2, -0.15) is 0 Å². The SMILES string of the molecule is COC(=O)c1c2n(c(=O)c3ccccc13)C(Cc1ccccc1)c1ccccc1-2. The number of aromatic nitrogens is 1. The summed E-state index contributed by atoms with van der Waals surface area (Å²) in [5.41, 5.74) is 4.12. The van der Waals surface area contributed by atoms with E-state index in [9.17, 15) is 9.59 Å². The van der Waals surface area contributed by atoms with Crippen LogP contribution in [0.3, 0.4) is 0 Å². The van der Waals surface area contributed by atoms with Crippen molar-refractivity contribution < 1.29 is 9.53 Å². The second-order valence-electron chi connectivity index (χ2n) is 7.23. The van der Waals surface area contributed by atoms with Gasteiger partial charge in [0.05, 0.1) is 24.4 Å². The molecule has 5 rings (SSSR count). The van der Waals surface area contributed by atoms with Gasteiger partial charge in [-0.05, 0) is 23.6 Å². The molecule has 4 heteroatoms. The van der Waals surface area contributed by atoms with Crippen molar-refractivity contribution in [2.75, 3.05) is 7.11 Å². The molecular weight excluding hydrogens is 362 g/mol. The molecule has 1 unspecified atom stereocenters. The first-order chi connectivity index (χ1) is 14.2. The number of ether oxygens (including phenoxy) is 1. The Balaban J connectivity index is 1.88. The third-order valence-corrected chi connectivity index (χ3v) is 5.67. The van der Waals surface area contributed by atoms with E-state index in [2.05, 4.69) is 12.1 Å². The summed E-state index contributed by atoms with van der Waals surface area (Å²) >= 11 is 0. The fourth-order valence-electron chi connectivity index (χ4n) is 4.42. The zero-order valence-corrected chi connectivity index (χ0v) is 16.0. The zero-order valence-electron chi connectivity index (χ0n) is 16.0. The lowest BCUT2D eigenvalue weighted by molar-refractivity contribution is 0.0603. The molecule has 0 amide bonds. The Hall–Kier alpha value is -3.66. The summed E-state index contributed by atoms with van der Waals surface area (Å²) in [6.45, 7) is 0. The first-order valence-electron chi connectivity index (χ1n) is 9.59. The number of carbonyl (C=O) groups is 1. The predicted octanol–water partition coefficient (Wildman–Crippen LogP) is 4.60. The van der Waals surface area contributed by atoms with E-state index < -0.39 is 5.97 Å². The van der Waals surface area contributed by atoms with Gasteiger partial charge in [0.25, 0.3) is 5.56 Å². The number of esters is 1. The van der Waals surface area contributed by atoms with Gasteiger partial charge in [0.2, 0.25) is 0 Å². The van der Waals surface area contributed by atoms with Gasteiger partial charge in [0.1, 0.15) is 0 Å². The Morgan fingerprint density at radius 1 is 0.897 bits per heavy atom. The molecule has 1 atom stereocenters. The Bertz CT molecular complexity index is 1300. The summed E-state index contributed by atoms with van der Waals surface area (Å²) < 4.78 is 6.91. The highest BCUT2D eigenvalue weighted by Gasteiger charge is 2.35. The Morgan fingerprint density at radius 2 is 1.55 bits per heavy atom. The zero-order chi connectivity index (χ0) is 20.0. The Kier molecular flexibility index (Phi) is 4.06. The van der Waals surface area contributed by atoms with Crippen LogP contribution in [0.5, 0.6) is 0 Å². The van der Waals surface area contributed by atoms with Crippen LogP contribution in [0.15, 0.2) is 83.7 Å². The van der Waals surface area contributed by atoms with Crippen LogP contribution >= 0.6 is 0 Å². The molecule has 1 aliphatic heterocycles. The highest BCUT2D eigenvalue weighted by atomic mass is 16.5. The first-order valence-corrected chi connectivity index (χ1v) is 9.59. The van der Waals surface area contributed by atoms with Gasteiger partial charge < -0.3 is 4.74 Å². The van der Waals surface area contributed by atoms with Crippen molar-refractivity contribution in [2.45, 2.75) is 12.5 Å². The van der Waals surface area contributed by atoms with E-state index in [0.717, 1.165) is 16.7 Å². The maximum atomic E-state index is 13.6. The molecule has 0 bridgehead atoms. The first kappa shape index (κ1) is 17.4. The van der Waals surface area contributed by atoms with E-state index in [0.29, 0.717) is 28.5 Å². The van der Waals surface area contributed by atoms with E-state index in [1.54, 1.807) is 10.6 Å². The number of nitrogens with zero attached hydrogens (tertiary/aromatic N) is 1. The molecule has 1 aliphatic rings. The van der Waals surface area contributed by atoms with Crippen molar-refractivity contribution >= 4 is 16.7 Å². The third-order valence-electron chi connectivity index (χ3n) is 5.67. The monoisotopic (exact) mass is 381 g/mol. The summed E-state index contributed by atoms with van der Waals surface area (Å²) in [5.74, 6) is -0.430. The second kappa shape index (κ2) is 6.74. The number of rotatable bonds is 3. The molecule has 0 N–H and O–H groups in total. The normalized spacial score (nSPS) is 14.4. The van der Waals surface area contributed by atoms with Crippen LogP contribution in [0.1, 0.15) is 27.5 Å². The van der Waals surface area contributed by atoms with Crippen molar-refractivity contribution in [3.8, 4) is 11.3 Å². The van der Waals surface area contributed by atoms with Crippen molar-refractivity contribution in [1.82, 2.24) is 4.57 Å². The van der Waals surface area contributed by atoms with Gasteiger partial charge in [0.15, 0.2) is 0 Å². The van der Waals surface area contributed by atoms with Gasteiger partial charge in [0, 0.05) is 16.3 Å². The molecule has 0 saturated carbocycles. The average molecular weight is 381 g/mol. The Morgan fingerprint density at radius 3 is 2.31 bits per heavy atom. The molecule has 29 heavy (non-hydrogen) atoms. The maximum Gasteiger partial charge on any atom is 0.340 e. The van der Waals surface area contributed by atoms with Gasteiger partial charge in [-0.3, -0.25) is 9.36 Å². The maximum absolute atomic E-state index is 13.6. The third kappa shape index (κ3) is 2.60. The molecule has 4 aromatic rings. The van der Waals surface area contributed by atoms with E-state index >= 15 is 0 Å². The molecule has 0 fully saturated rings. The minimum atomic E-state index is -0.430. The number of pyridine rings is 1. The smallest absolute Gasteiger partial charge is 0.340 e. The number of fused-ring (bicyclic) bond motifs is 4. The number of hydrogen-bond acceptors (Lipinski definition) is 3. The number of hydrogen-bond donors (Lipinski definition) is 0. The summed E-state index contributed by atoms with van der Waals surface area (Å²) in [6, 6.07) is 25.1. The van der Waals surface area contributed by atoms with Crippen LogP contribution in [-0.4, -0.2) is 17.6 Å². The highest BCUT2D eigenvalue weighted by molar-refractivity contribution is 6.10. The molecule has 2 heterocycles. The molecule has 0 spiro atoms. The van der Waals surface area contributed by atoms with E-state index in [-0.39, 0.29) is 11.6 Å². The molecule has 0 saturated heterocycles. The average Bonchev–Trinajstić information content (AvgIpc) is 3.09. The van der Waals surface area contributed by atoms with Crippen molar-refractivity contribution in [3.05, 3.63) is 106 Å². The van der Waals surface area contributed by atoms with Crippen LogP contribution in [0.25, 0.3) is 22.0 Å². The van der Waals surface area contributed by atoms with Gasteiger partial charge in [-0.1, -0.05) is 72.8 Å². The van der Waals surface area contributed by atoms with Gasteiger partial charge in [-0.15, -0.1) is 0 Å². The topological polar surface area (TPSA) is 48.3 Å². The fraction of sp³-hybridized carbons (Fsp3) is 0.120. The van der Waals surface area contributed by atoms with E-state index in [1.165, 1.54) is 7.11 Å². The van der Waals surface area contributed by atoms with Crippen LogP contribution in [0.4, 0.5) is 0 Å². The molecule has 0 radical (unpaired) electrons. The minimum Gasteiger partial charge on any atom is -0.465 e. The molecular formula is C25H19NO3. The summed E-state index contributed by atoms with van der Waals surface area (Å²) in [7, 11) is 1.38. The summed E-state index contributed by atoms with van der Waals surface area (Å²) in [6.07, 6.45) is 0.670. The number of benzene rings is 3. The Labute approximate surface area is 168 Å². The van der Waals surface area contributed by atoms with E-state index in [1.807, 2.05) is 60.7 Å². The van der Waals surface area contributed by atoms with Crippen molar-refractivity contribution in [3.63, 3.8) is 0 Å². The van der Waals surface area contributed by atoms with Crippen molar-refractivity contribution in [2.24, 2.45) is 0 Å². The lowest BCUT2D eigenvalue weighted by Gasteiger charge is -2.18. The standard InChI is InChI=1S/C25H19NO3/c1-29-25(28)22-18-12-6-8-14-20(18)24(27)26-21(15-16-9-3-2-4-10-16)17-11-5-7-13-19(17)23(22)26/h2-14,21H,15H2,1H3. The van der Waals surface area contributed by atoms with E-state index in [4.69, 9.17) is 4.74 Å². The number of carbonyl (C=O) groups excluding carboxylic acids is 1. The summed E-state index contributed by atoms with van der Waals surface area (Å²) in [4.78, 5) is 26.4. The molecule has 0 aliphatic carbocycles. The molecule has 3 aromatic carbocycles. The molecule has 142 valence electrons. The van der Waals surface area contributed by atoms with Crippen LogP contribution in [0.2, 0.25) is 0 Å². The van der Waals surface area contributed by atoms with Crippen LogP contribution in [-0.2, 0) is 11.2 Å². The molecule has 1 aromatic heterocycles. The fourth-order valence-corrected chi connectivity index (χ4v) is 4.42. The second-order valence-corrected chi connectivity index (χ2v) is 7.23. The van der Waals surface area contributed by atoms with Crippen LogP contribution < -0.4 is 5.56 Å². The predicted molar refractivity (Wildman–Crippen MR) is 113 cm³/mol. The summed E-state index contributed by atoms with van der Waals surface area (Å²) in [5, 5.41) is 1.16. The van der Waals surface area contributed by atoms with Crippen LogP contribution in [0, 0.1) is 0 Å². The lowest BCUT2D eigenvalue weighted by atomic mass is 9.96. The number of methoxy groups -OCH3 is 1. The molecule has 4 nitrogen and oxygen atoms in total.